The monoisotopic (exact) mass is 396 g/mol. The molecule has 150 valence electrons. The van der Waals surface area contributed by atoms with Crippen LogP contribution in [0.25, 0.3) is 11.6 Å². The zero-order chi connectivity index (χ0) is 20.5. The molecule has 0 fully saturated rings. The second-order valence-electron chi connectivity index (χ2n) is 7.12. The minimum Gasteiger partial charge on any atom is -0.486 e. The van der Waals surface area contributed by atoms with Crippen LogP contribution in [0.5, 0.6) is 11.5 Å². The largest absolute Gasteiger partial charge is 0.486 e. The zero-order valence-corrected chi connectivity index (χ0v) is 15.5. The third-order valence-corrected chi connectivity index (χ3v) is 5.17. The smallest absolute Gasteiger partial charge is 0.340 e. The Kier molecular flexibility index (Phi) is 4.98. The van der Waals surface area contributed by atoms with E-state index in [0.29, 0.717) is 23.3 Å². The molecule has 1 aliphatic carbocycles. The summed E-state index contributed by atoms with van der Waals surface area (Å²) in [6.45, 7) is 0.159. The lowest BCUT2D eigenvalue weighted by atomic mass is 9.98. The van der Waals surface area contributed by atoms with Gasteiger partial charge < -0.3 is 24.8 Å². The molecule has 0 aromatic heterocycles. The number of carbonyl (C=O) groups is 2. The number of rotatable bonds is 5. The maximum atomic E-state index is 12.0. The Bertz CT molecular complexity index is 1010. The van der Waals surface area contributed by atoms with Crippen LogP contribution in [0.3, 0.4) is 0 Å². The molecule has 4 rings (SSSR count). The fourth-order valence-electron chi connectivity index (χ4n) is 3.78. The van der Waals surface area contributed by atoms with E-state index in [1.54, 1.807) is 18.2 Å². The number of hydrogen-bond donors (Lipinski definition) is 3. The lowest BCUT2D eigenvalue weighted by Gasteiger charge is -2.28. The van der Waals surface area contributed by atoms with Gasteiger partial charge in [0.05, 0.1) is 6.10 Å². The molecule has 2 aromatic carbocycles. The molecule has 2 aromatic rings. The first-order valence-electron chi connectivity index (χ1n) is 9.33. The van der Waals surface area contributed by atoms with Crippen LogP contribution < -0.4 is 9.47 Å². The van der Waals surface area contributed by atoms with Crippen molar-refractivity contribution in [2.45, 2.75) is 31.5 Å². The van der Waals surface area contributed by atoms with Crippen molar-refractivity contribution < 1.29 is 34.4 Å². The third kappa shape index (κ3) is 3.69. The second kappa shape index (κ2) is 7.60. The van der Waals surface area contributed by atoms with Crippen LogP contribution in [0.15, 0.2) is 36.4 Å². The first kappa shape index (κ1) is 19.0. The van der Waals surface area contributed by atoms with Gasteiger partial charge in [0.25, 0.3) is 0 Å². The van der Waals surface area contributed by atoms with Crippen LogP contribution in [-0.4, -0.2) is 46.1 Å². The number of aliphatic hydroxyl groups excluding tert-OH is 1. The van der Waals surface area contributed by atoms with Gasteiger partial charge in [-0.1, -0.05) is 30.3 Å². The second-order valence-corrected chi connectivity index (χ2v) is 7.12. The van der Waals surface area contributed by atoms with Crippen molar-refractivity contribution in [2.24, 2.45) is 0 Å². The van der Waals surface area contributed by atoms with Crippen LogP contribution in [0.2, 0.25) is 0 Å². The average molecular weight is 396 g/mol. The molecule has 0 radical (unpaired) electrons. The van der Waals surface area contributed by atoms with E-state index >= 15 is 0 Å². The molecule has 0 unspecified atom stereocenters. The Morgan fingerprint density at radius 2 is 1.93 bits per heavy atom. The number of benzene rings is 2. The van der Waals surface area contributed by atoms with Crippen LogP contribution in [0.1, 0.15) is 39.9 Å². The highest BCUT2D eigenvalue weighted by Gasteiger charge is 2.30. The van der Waals surface area contributed by atoms with Gasteiger partial charge in [0.15, 0.2) is 11.5 Å². The molecule has 7 nitrogen and oxygen atoms in total. The quantitative estimate of drug-likeness (QED) is 0.712. The molecule has 0 bridgehead atoms. The summed E-state index contributed by atoms with van der Waals surface area (Å²) in [6, 6.07) is 10.9. The molecule has 3 N–H and O–H groups in total. The lowest BCUT2D eigenvalue weighted by molar-refractivity contribution is -0.137. The normalized spacial score (nSPS) is 21.1. The number of aromatic carboxylic acids is 1. The van der Waals surface area contributed by atoms with E-state index in [-0.39, 0.29) is 30.8 Å². The Balaban J connectivity index is 1.74. The summed E-state index contributed by atoms with van der Waals surface area (Å²) in [7, 11) is 0. The van der Waals surface area contributed by atoms with Crippen molar-refractivity contribution in [2.75, 3.05) is 6.61 Å². The van der Waals surface area contributed by atoms with E-state index in [4.69, 9.17) is 14.6 Å². The van der Waals surface area contributed by atoms with Gasteiger partial charge in [-0.3, -0.25) is 4.79 Å². The molecular weight excluding hydrogens is 376 g/mol. The van der Waals surface area contributed by atoms with E-state index in [1.807, 2.05) is 24.3 Å². The van der Waals surface area contributed by atoms with Crippen LogP contribution in [0, 0.1) is 0 Å². The average Bonchev–Trinajstić information content (AvgIpc) is 3.01. The van der Waals surface area contributed by atoms with Crippen molar-refractivity contribution >= 4 is 23.6 Å². The van der Waals surface area contributed by atoms with E-state index in [1.165, 1.54) is 0 Å². The lowest BCUT2D eigenvalue weighted by Crippen LogP contribution is -2.30. The number of carboxylic acid groups (broad SMARTS) is 2. The molecule has 2 atom stereocenters. The molecule has 29 heavy (non-hydrogen) atoms. The number of hydrogen-bond acceptors (Lipinski definition) is 5. The van der Waals surface area contributed by atoms with Crippen molar-refractivity contribution in [3.63, 3.8) is 0 Å². The Labute approximate surface area is 166 Å². The first-order chi connectivity index (χ1) is 13.9. The van der Waals surface area contributed by atoms with Crippen molar-refractivity contribution in [3.05, 3.63) is 58.7 Å². The minimum atomic E-state index is -1.18. The number of fused-ring (bicyclic) bond motifs is 2. The summed E-state index contributed by atoms with van der Waals surface area (Å²) < 4.78 is 11.4. The molecule has 0 saturated carbocycles. The van der Waals surface area contributed by atoms with Gasteiger partial charge in [-0.25, -0.2) is 4.79 Å². The highest BCUT2D eigenvalue weighted by molar-refractivity contribution is 6.00. The number of aliphatic hydroxyl groups is 1. The highest BCUT2D eigenvalue weighted by atomic mass is 16.6. The van der Waals surface area contributed by atoms with E-state index in [9.17, 15) is 19.8 Å². The number of carboxylic acids is 2. The molecule has 0 amide bonds. The summed E-state index contributed by atoms with van der Waals surface area (Å²) in [5.41, 5.74) is 2.89. The summed E-state index contributed by atoms with van der Waals surface area (Å²) in [4.78, 5) is 22.9. The fraction of sp³-hybridized carbons (Fsp3) is 0.273. The van der Waals surface area contributed by atoms with Crippen LogP contribution in [-0.2, 0) is 11.2 Å². The molecule has 1 heterocycles. The van der Waals surface area contributed by atoms with Gasteiger partial charge in [-0.2, -0.15) is 0 Å². The molecule has 2 aliphatic rings. The number of ether oxygens (including phenoxy) is 2. The SMILES string of the molecule is O=C(O)CC[C@H]1COc2ccc(/C=C3\c4ccccc4C[C@H]3O)c(C(=O)O)c2O1. The Morgan fingerprint density at radius 3 is 2.69 bits per heavy atom. The Morgan fingerprint density at radius 1 is 1.14 bits per heavy atom. The van der Waals surface area contributed by atoms with Crippen molar-refractivity contribution in [1.29, 1.82) is 0 Å². The van der Waals surface area contributed by atoms with Crippen LogP contribution in [0.4, 0.5) is 0 Å². The summed E-state index contributed by atoms with van der Waals surface area (Å²) in [6.07, 6.45) is 1.00. The van der Waals surface area contributed by atoms with Gasteiger partial charge in [0.1, 0.15) is 18.3 Å². The predicted octanol–water partition coefficient (Wildman–Crippen LogP) is 2.85. The van der Waals surface area contributed by atoms with Crippen LogP contribution >= 0.6 is 0 Å². The topological polar surface area (TPSA) is 113 Å². The first-order valence-corrected chi connectivity index (χ1v) is 9.33. The van der Waals surface area contributed by atoms with E-state index in [0.717, 1.165) is 11.1 Å². The van der Waals surface area contributed by atoms with E-state index in [2.05, 4.69) is 0 Å². The summed E-state index contributed by atoms with van der Waals surface area (Å²) in [5.74, 6) is -1.74. The summed E-state index contributed by atoms with van der Waals surface area (Å²) in [5, 5.41) is 29.2. The van der Waals surface area contributed by atoms with Gasteiger partial charge in [-0.15, -0.1) is 0 Å². The maximum Gasteiger partial charge on any atom is 0.340 e. The molecule has 0 spiro atoms. The zero-order valence-electron chi connectivity index (χ0n) is 15.5. The fourth-order valence-corrected chi connectivity index (χ4v) is 3.78. The van der Waals surface area contributed by atoms with Crippen molar-refractivity contribution in [1.82, 2.24) is 0 Å². The van der Waals surface area contributed by atoms with Gasteiger partial charge in [0, 0.05) is 12.8 Å². The highest BCUT2D eigenvalue weighted by Crippen LogP contribution is 2.41. The molecular formula is C22H20O7. The van der Waals surface area contributed by atoms with Gasteiger partial charge >= 0.3 is 11.9 Å². The van der Waals surface area contributed by atoms with Gasteiger partial charge in [-0.05, 0) is 40.8 Å². The third-order valence-electron chi connectivity index (χ3n) is 5.17. The summed E-state index contributed by atoms with van der Waals surface area (Å²) >= 11 is 0. The maximum absolute atomic E-state index is 12.0. The molecule has 0 saturated heterocycles. The number of aliphatic carboxylic acids is 1. The standard InChI is InChI=1S/C22H20O7/c23-17-10-12-3-1-2-4-15(12)16(17)9-13-5-7-18-21(20(13)22(26)27)29-14(11-28-18)6-8-19(24)25/h1-5,7,9,14,17,23H,6,8,10-11H2,(H,24,25)(H,26,27)/b16-9+/t14-,17+/m0/s1. The minimum absolute atomic E-state index is 0.0633. The Hall–Kier alpha value is -3.32. The molecule has 1 aliphatic heterocycles. The molecule has 7 heteroatoms. The van der Waals surface area contributed by atoms with Crippen molar-refractivity contribution in [3.8, 4) is 11.5 Å². The predicted molar refractivity (Wildman–Crippen MR) is 104 cm³/mol. The van der Waals surface area contributed by atoms with Gasteiger partial charge in [0.2, 0.25) is 0 Å². The van der Waals surface area contributed by atoms with E-state index < -0.39 is 24.1 Å².